The van der Waals surface area contributed by atoms with Crippen molar-refractivity contribution in [3.8, 4) is 0 Å². The van der Waals surface area contributed by atoms with Crippen LogP contribution in [0.5, 0.6) is 0 Å². The minimum Gasteiger partial charge on any atom is -0.328 e. The summed E-state index contributed by atoms with van der Waals surface area (Å²) in [6.07, 6.45) is 1.93. The van der Waals surface area contributed by atoms with E-state index in [0.29, 0.717) is 13.1 Å². The average molecular weight is 235 g/mol. The molecule has 6 heteroatoms. The second kappa shape index (κ2) is 4.78. The van der Waals surface area contributed by atoms with E-state index in [9.17, 15) is 8.42 Å². The van der Waals surface area contributed by atoms with E-state index in [4.69, 9.17) is 5.73 Å². The van der Waals surface area contributed by atoms with Crippen molar-refractivity contribution in [1.29, 1.82) is 0 Å². The molecule has 2 N–H and O–H groups in total. The Morgan fingerprint density at radius 2 is 2.07 bits per heavy atom. The molecule has 0 radical (unpaired) electrons. The number of hydrogen-bond donors (Lipinski definition) is 1. The second-order valence-corrected chi connectivity index (χ2v) is 6.55. The number of piperidine rings is 1. The minimum absolute atomic E-state index is 0.0603. The Morgan fingerprint density at radius 1 is 1.47 bits per heavy atom. The summed E-state index contributed by atoms with van der Waals surface area (Å²) in [5.41, 5.74) is 5.81. The van der Waals surface area contributed by atoms with Crippen LogP contribution < -0.4 is 5.73 Å². The summed E-state index contributed by atoms with van der Waals surface area (Å²) in [6, 6.07) is 0.0603. The maximum absolute atomic E-state index is 11.9. The van der Waals surface area contributed by atoms with Crippen molar-refractivity contribution in [2.24, 2.45) is 11.7 Å². The third kappa shape index (κ3) is 2.90. The average Bonchev–Trinajstić information content (AvgIpc) is 2.17. The van der Waals surface area contributed by atoms with Crippen molar-refractivity contribution in [3.05, 3.63) is 0 Å². The molecule has 0 aliphatic carbocycles. The van der Waals surface area contributed by atoms with Gasteiger partial charge in [0.25, 0.3) is 10.2 Å². The van der Waals surface area contributed by atoms with Gasteiger partial charge in [-0.3, -0.25) is 0 Å². The van der Waals surface area contributed by atoms with Gasteiger partial charge in [-0.1, -0.05) is 0 Å². The fraction of sp³-hybridized carbons (Fsp3) is 1.00. The predicted octanol–water partition coefficient (Wildman–Crippen LogP) is -0.148. The zero-order valence-corrected chi connectivity index (χ0v) is 10.5. The van der Waals surface area contributed by atoms with Gasteiger partial charge in [-0.05, 0) is 25.7 Å². The number of nitrogens with two attached hydrogens (primary N) is 1. The number of hydrogen-bond acceptors (Lipinski definition) is 3. The minimum atomic E-state index is -3.26. The van der Waals surface area contributed by atoms with Gasteiger partial charge < -0.3 is 5.73 Å². The lowest BCUT2D eigenvalue weighted by atomic mass is 9.93. The molecule has 0 aromatic rings. The maximum Gasteiger partial charge on any atom is 0.281 e. The summed E-state index contributed by atoms with van der Waals surface area (Å²) in [5.74, 6) is 0.286. The molecule has 2 unspecified atom stereocenters. The molecule has 1 aliphatic heterocycles. The van der Waals surface area contributed by atoms with E-state index in [1.807, 2.05) is 6.92 Å². The fourth-order valence-corrected chi connectivity index (χ4v) is 3.05. The Labute approximate surface area is 92.4 Å². The molecule has 1 fully saturated rings. The molecule has 2 atom stereocenters. The Balaban J connectivity index is 2.72. The molecule has 1 saturated heterocycles. The topological polar surface area (TPSA) is 66.6 Å². The molecule has 0 bridgehead atoms. The summed E-state index contributed by atoms with van der Waals surface area (Å²) in [5, 5.41) is 0. The predicted molar refractivity (Wildman–Crippen MR) is 60.6 cm³/mol. The highest BCUT2D eigenvalue weighted by Crippen LogP contribution is 2.21. The summed E-state index contributed by atoms with van der Waals surface area (Å²) in [4.78, 5) is 0. The van der Waals surface area contributed by atoms with Gasteiger partial charge >= 0.3 is 0 Å². The second-order valence-electron chi connectivity index (χ2n) is 4.41. The first kappa shape index (κ1) is 12.9. The zero-order chi connectivity index (χ0) is 11.6. The van der Waals surface area contributed by atoms with Gasteiger partial charge in [0.15, 0.2) is 0 Å². The highest BCUT2D eigenvalue weighted by atomic mass is 32.2. The third-order valence-corrected chi connectivity index (χ3v) is 4.86. The van der Waals surface area contributed by atoms with E-state index in [1.54, 1.807) is 14.1 Å². The van der Waals surface area contributed by atoms with Gasteiger partial charge in [-0.2, -0.15) is 17.0 Å². The highest BCUT2D eigenvalue weighted by molar-refractivity contribution is 7.86. The molecule has 15 heavy (non-hydrogen) atoms. The van der Waals surface area contributed by atoms with Gasteiger partial charge in [0.2, 0.25) is 0 Å². The maximum atomic E-state index is 11.9. The Bertz CT molecular complexity index is 300. The van der Waals surface area contributed by atoms with E-state index < -0.39 is 10.2 Å². The van der Waals surface area contributed by atoms with Crippen LogP contribution in [0.1, 0.15) is 19.8 Å². The van der Waals surface area contributed by atoms with E-state index >= 15 is 0 Å². The van der Waals surface area contributed by atoms with E-state index in [-0.39, 0.29) is 12.0 Å². The molecule has 0 spiro atoms. The normalized spacial score (nSPS) is 26.9. The first-order valence-corrected chi connectivity index (χ1v) is 6.68. The summed E-state index contributed by atoms with van der Waals surface area (Å²) in [6.45, 7) is 3.11. The highest BCUT2D eigenvalue weighted by Gasteiger charge is 2.31. The quantitative estimate of drug-likeness (QED) is 0.740. The number of rotatable bonds is 3. The zero-order valence-electron chi connectivity index (χ0n) is 9.68. The van der Waals surface area contributed by atoms with Crippen molar-refractivity contribution in [2.75, 3.05) is 27.2 Å². The van der Waals surface area contributed by atoms with Crippen LogP contribution in [-0.4, -0.2) is 50.3 Å². The van der Waals surface area contributed by atoms with Crippen molar-refractivity contribution < 1.29 is 8.42 Å². The van der Waals surface area contributed by atoms with Crippen LogP contribution in [0.4, 0.5) is 0 Å². The Hall–Kier alpha value is -0.170. The monoisotopic (exact) mass is 235 g/mol. The lowest BCUT2D eigenvalue weighted by molar-refractivity contribution is 0.234. The first-order chi connectivity index (χ1) is 6.85. The molecular weight excluding hydrogens is 214 g/mol. The summed E-state index contributed by atoms with van der Waals surface area (Å²) >= 11 is 0. The van der Waals surface area contributed by atoms with Crippen molar-refractivity contribution in [3.63, 3.8) is 0 Å². The Kier molecular flexibility index (Phi) is 4.11. The van der Waals surface area contributed by atoms with Gasteiger partial charge in [-0.15, -0.1) is 0 Å². The smallest absolute Gasteiger partial charge is 0.281 e. The molecule has 90 valence electrons. The van der Waals surface area contributed by atoms with Gasteiger partial charge in [0.05, 0.1) is 0 Å². The van der Waals surface area contributed by atoms with Crippen LogP contribution in [0.2, 0.25) is 0 Å². The van der Waals surface area contributed by atoms with Crippen molar-refractivity contribution in [2.45, 2.75) is 25.8 Å². The standard InChI is InChI=1S/C9H21N3O2S/c1-8(10)9-5-4-6-12(7-9)15(13,14)11(2)3/h8-9H,4-7,10H2,1-3H3. The molecule has 0 saturated carbocycles. The number of nitrogens with zero attached hydrogens (tertiary/aromatic N) is 2. The fourth-order valence-electron chi connectivity index (χ4n) is 1.84. The first-order valence-electron chi connectivity index (χ1n) is 5.29. The van der Waals surface area contributed by atoms with Crippen molar-refractivity contribution >= 4 is 10.2 Å². The van der Waals surface area contributed by atoms with Crippen molar-refractivity contribution in [1.82, 2.24) is 8.61 Å². The van der Waals surface area contributed by atoms with Crippen LogP contribution in [-0.2, 0) is 10.2 Å². The molecule has 0 aromatic carbocycles. The van der Waals surface area contributed by atoms with Gasteiger partial charge in [-0.25, -0.2) is 0 Å². The molecule has 1 heterocycles. The van der Waals surface area contributed by atoms with Gasteiger partial charge in [0, 0.05) is 33.2 Å². The largest absolute Gasteiger partial charge is 0.328 e. The van der Waals surface area contributed by atoms with E-state index in [0.717, 1.165) is 12.8 Å². The molecule has 0 aromatic heterocycles. The van der Waals surface area contributed by atoms with Crippen LogP contribution in [0.3, 0.4) is 0 Å². The van der Waals surface area contributed by atoms with Crippen LogP contribution in [0, 0.1) is 5.92 Å². The van der Waals surface area contributed by atoms with Crippen LogP contribution >= 0.6 is 0 Å². The summed E-state index contributed by atoms with van der Waals surface area (Å²) in [7, 11) is -0.135. The lowest BCUT2D eigenvalue weighted by Crippen LogP contribution is -2.48. The van der Waals surface area contributed by atoms with E-state index in [2.05, 4.69) is 0 Å². The third-order valence-electron chi connectivity index (χ3n) is 2.95. The summed E-state index contributed by atoms with van der Waals surface area (Å²) < 4.78 is 26.5. The molecule has 5 nitrogen and oxygen atoms in total. The SMILES string of the molecule is CC(N)C1CCCN(S(=O)(=O)N(C)C)C1. The molecule has 1 aliphatic rings. The van der Waals surface area contributed by atoms with E-state index in [1.165, 1.54) is 8.61 Å². The molecule has 1 rings (SSSR count). The Morgan fingerprint density at radius 3 is 2.53 bits per heavy atom. The van der Waals surface area contributed by atoms with Crippen LogP contribution in [0.25, 0.3) is 0 Å². The van der Waals surface area contributed by atoms with Crippen LogP contribution in [0.15, 0.2) is 0 Å². The molecular formula is C9H21N3O2S. The lowest BCUT2D eigenvalue weighted by Gasteiger charge is -2.35. The van der Waals surface area contributed by atoms with Gasteiger partial charge in [0.1, 0.15) is 0 Å². The molecule has 0 amide bonds.